The lowest BCUT2D eigenvalue weighted by molar-refractivity contribution is 0.0698. The maximum Gasteiger partial charge on any atom is 0.337 e. The van der Waals surface area contributed by atoms with Crippen LogP contribution in [0.3, 0.4) is 0 Å². The van der Waals surface area contributed by atoms with Gasteiger partial charge in [-0.05, 0) is 54.9 Å². The van der Waals surface area contributed by atoms with Gasteiger partial charge < -0.3 is 10.1 Å². The third kappa shape index (κ3) is 2.50. The molecule has 4 heteroatoms. The van der Waals surface area contributed by atoms with Crippen LogP contribution in [0.5, 0.6) is 0 Å². The summed E-state index contributed by atoms with van der Waals surface area (Å²) in [6.07, 6.45) is 5.99. The molecule has 4 rings (SSSR count). The van der Waals surface area contributed by atoms with Crippen molar-refractivity contribution in [2.45, 2.75) is 31.6 Å². The first-order valence-electron chi connectivity index (χ1n) is 8.00. The number of H-pyrrole nitrogens is 1. The molecule has 4 nitrogen and oxygen atoms in total. The summed E-state index contributed by atoms with van der Waals surface area (Å²) in [4.78, 5) is 18.9. The fourth-order valence-electron chi connectivity index (χ4n) is 3.70. The Morgan fingerprint density at radius 3 is 3.04 bits per heavy atom. The minimum absolute atomic E-state index is 0.283. The van der Waals surface area contributed by atoms with Gasteiger partial charge in [0.15, 0.2) is 0 Å². The van der Waals surface area contributed by atoms with Gasteiger partial charge in [-0.15, -0.1) is 0 Å². The van der Waals surface area contributed by atoms with Gasteiger partial charge in [-0.2, -0.15) is 0 Å². The van der Waals surface area contributed by atoms with E-state index >= 15 is 0 Å². The summed E-state index contributed by atoms with van der Waals surface area (Å²) in [5, 5.41) is 9.30. The van der Waals surface area contributed by atoms with Crippen molar-refractivity contribution >= 4 is 17.0 Å². The smallest absolute Gasteiger partial charge is 0.337 e. The number of fused-ring (bicyclic) bond motifs is 2. The molecule has 0 bridgehead atoms. The van der Waals surface area contributed by atoms with Gasteiger partial charge in [0, 0.05) is 11.9 Å². The Kier molecular flexibility index (Phi) is 3.37. The molecule has 1 atom stereocenters. The highest BCUT2D eigenvalue weighted by molar-refractivity contribution is 6.00. The number of nitrogens with zero attached hydrogens (tertiary/aromatic N) is 1. The Morgan fingerprint density at radius 1 is 1.30 bits per heavy atom. The van der Waals surface area contributed by atoms with Gasteiger partial charge >= 0.3 is 5.97 Å². The Labute approximate surface area is 134 Å². The molecule has 1 aliphatic carbocycles. The van der Waals surface area contributed by atoms with Gasteiger partial charge in [0.2, 0.25) is 0 Å². The highest BCUT2D eigenvalue weighted by Crippen LogP contribution is 2.34. The SMILES string of the molecule is O=C(O)c1ccnc2cc(CC3CCCc4ccccc43)[nH]c12. The molecule has 0 saturated heterocycles. The summed E-state index contributed by atoms with van der Waals surface area (Å²) >= 11 is 0. The molecule has 1 aliphatic rings. The summed E-state index contributed by atoms with van der Waals surface area (Å²) < 4.78 is 0. The number of carboxylic acid groups (broad SMARTS) is 1. The van der Waals surface area contributed by atoms with E-state index < -0.39 is 5.97 Å². The molecule has 2 heterocycles. The van der Waals surface area contributed by atoms with Crippen LogP contribution in [-0.2, 0) is 12.8 Å². The zero-order valence-corrected chi connectivity index (χ0v) is 12.7. The first-order valence-corrected chi connectivity index (χ1v) is 8.00. The van der Waals surface area contributed by atoms with E-state index in [1.54, 1.807) is 12.3 Å². The van der Waals surface area contributed by atoms with Crippen LogP contribution in [0, 0.1) is 0 Å². The summed E-state index contributed by atoms with van der Waals surface area (Å²) in [6, 6.07) is 12.2. The molecule has 2 aromatic heterocycles. The van der Waals surface area contributed by atoms with Crippen molar-refractivity contribution in [3.05, 3.63) is 65.0 Å². The van der Waals surface area contributed by atoms with Crippen molar-refractivity contribution in [1.29, 1.82) is 0 Å². The number of aromatic carboxylic acids is 1. The van der Waals surface area contributed by atoms with E-state index in [1.807, 2.05) is 6.07 Å². The maximum atomic E-state index is 11.3. The lowest BCUT2D eigenvalue weighted by Gasteiger charge is -2.25. The minimum atomic E-state index is -0.922. The highest BCUT2D eigenvalue weighted by atomic mass is 16.4. The quantitative estimate of drug-likeness (QED) is 0.770. The average molecular weight is 306 g/mol. The van der Waals surface area contributed by atoms with E-state index in [1.165, 1.54) is 24.0 Å². The normalized spacial score (nSPS) is 17.1. The summed E-state index contributed by atoms with van der Waals surface area (Å²) in [7, 11) is 0. The second-order valence-corrected chi connectivity index (χ2v) is 6.21. The number of carbonyl (C=O) groups is 1. The van der Waals surface area contributed by atoms with Crippen molar-refractivity contribution in [2.75, 3.05) is 0 Å². The van der Waals surface area contributed by atoms with Gasteiger partial charge in [0.25, 0.3) is 0 Å². The van der Waals surface area contributed by atoms with Crippen molar-refractivity contribution in [1.82, 2.24) is 9.97 Å². The largest absolute Gasteiger partial charge is 0.478 e. The predicted molar refractivity (Wildman–Crippen MR) is 88.9 cm³/mol. The van der Waals surface area contributed by atoms with Crippen LogP contribution >= 0.6 is 0 Å². The first kappa shape index (κ1) is 14.0. The molecule has 23 heavy (non-hydrogen) atoms. The molecule has 3 aromatic rings. The fourth-order valence-corrected chi connectivity index (χ4v) is 3.70. The number of rotatable bonds is 3. The van der Waals surface area contributed by atoms with E-state index in [0.29, 0.717) is 11.4 Å². The molecule has 0 spiro atoms. The number of aromatic nitrogens is 2. The second kappa shape index (κ2) is 5.54. The number of aromatic amines is 1. The van der Waals surface area contributed by atoms with E-state index in [4.69, 9.17) is 0 Å². The van der Waals surface area contributed by atoms with Crippen LogP contribution in [0.15, 0.2) is 42.6 Å². The van der Waals surface area contributed by atoms with Crippen molar-refractivity contribution in [2.24, 2.45) is 0 Å². The molecule has 0 saturated carbocycles. The van der Waals surface area contributed by atoms with Gasteiger partial charge in [0.05, 0.1) is 16.6 Å². The molecule has 0 amide bonds. The topological polar surface area (TPSA) is 66.0 Å². The maximum absolute atomic E-state index is 11.3. The van der Waals surface area contributed by atoms with Gasteiger partial charge in [0.1, 0.15) is 0 Å². The number of nitrogens with one attached hydrogen (secondary N) is 1. The summed E-state index contributed by atoms with van der Waals surface area (Å²) in [5.74, 6) is -0.435. The standard InChI is InChI=1S/C19H18N2O2/c22-19(23)16-8-9-20-17-11-14(21-18(16)17)10-13-6-3-5-12-4-1-2-7-15(12)13/h1-2,4,7-9,11,13,21H,3,5-6,10H2,(H,22,23). The van der Waals surface area contributed by atoms with E-state index in [0.717, 1.165) is 24.1 Å². The third-order valence-electron chi connectivity index (χ3n) is 4.77. The van der Waals surface area contributed by atoms with Crippen LogP contribution in [0.4, 0.5) is 0 Å². The molecule has 1 unspecified atom stereocenters. The number of pyridine rings is 1. The Balaban J connectivity index is 1.69. The molecular formula is C19H18N2O2. The van der Waals surface area contributed by atoms with Crippen LogP contribution < -0.4 is 0 Å². The molecule has 0 fully saturated rings. The average Bonchev–Trinajstić information content (AvgIpc) is 2.97. The lowest BCUT2D eigenvalue weighted by atomic mass is 9.80. The lowest BCUT2D eigenvalue weighted by Crippen LogP contribution is -2.12. The summed E-state index contributed by atoms with van der Waals surface area (Å²) in [5.41, 5.74) is 5.57. The third-order valence-corrected chi connectivity index (χ3v) is 4.77. The number of benzene rings is 1. The van der Waals surface area contributed by atoms with E-state index in [9.17, 15) is 9.90 Å². The predicted octanol–water partition coefficient (Wildman–Crippen LogP) is 3.92. The van der Waals surface area contributed by atoms with Gasteiger partial charge in [-0.1, -0.05) is 24.3 Å². The van der Waals surface area contributed by atoms with Crippen molar-refractivity contribution in [3.63, 3.8) is 0 Å². The number of hydrogen-bond donors (Lipinski definition) is 2. The Morgan fingerprint density at radius 2 is 2.17 bits per heavy atom. The minimum Gasteiger partial charge on any atom is -0.478 e. The molecule has 2 N–H and O–H groups in total. The second-order valence-electron chi connectivity index (χ2n) is 6.21. The van der Waals surface area contributed by atoms with Crippen molar-refractivity contribution in [3.8, 4) is 0 Å². The molecule has 0 radical (unpaired) electrons. The van der Waals surface area contributed by atoms with E-state index in [-0.39, 0.29) is 5.56 Å². The number of aryl methyl sites for hydroxylation is 1. The van der Waals surface area contributed by atoms with Crippen LogP contribution in [0.1, 0.15) is 45.9 Å². The molecule has 116 valence electrons. The number of hydrogen-bond acceptors (Lipinski definition) is 2. The molecule has 1 aromatic carbocycles. The highest BCUT2D eigenvalue weighted by Gasteiger charge is 2.21. The van der Waals surface area contributed by atoms with Crippen LogP contribution in [0.25, 0.3) is 11.0 Å². The number of carboxylic acids is 1. The monoisotopic (exact) mass is 306 g/mol. The van der Waals surface area contributed by atoms with Crippen LogP contribution in [0.2, 0.25) is 0 Å². The molecular weight excluding hydrogens is 288 g/mol. The zero-order chi connectivity index (χ0) is 15.8. The van der Waals surface area contributed by atoms with Gasteiger partial charge in [-0.3, -0.25) is 4.98 Å². The van der Waals surface area contributed by atoms with Gasteiger partial charge in [-0.25, -0.2) is 4.79 Å². The first-order chi connectivity index (χ1) is 11.2. The Bertz CT molecular complexity index is 882. The Hall–Kier alpha value is -2.62. The summed E-state index contributed by atoms with van der Waals surface area (Å²) in [6.45, 7) is 0. The fraction of sp³-hybridized carbons (Fsp3) is 0.263. The van der Waals surface area contributed by atoms with E-state index in [2.05, 4.69) is 34.2 Å². The van der Waals surface area contributed by atoms with Crippen LogP contribution in [-0.4, -0.2) is 21.0 Å². The zero-order valence-electron chi connectivity index (χ0n) is 12.7. The van der Waals surface area contributed by atoms with Crippen molar-refractivity contribution < 1.29 is 9.90 Å². The molecule has 0 aliphatic heterocycles.